The zero-order chi connectivity index (χ0) is 13.7. The summed E-state index contributed by atoms with van der Waals surface area (Å²) in [6.07, 6.45) is 5.38. The second kappa shape index (κ2) is 4.34. The van der Waals surface area contributed by atoms with Gasteiger partial charge in [-0.25, -0.2) is 0 Å². The Bertz CT molecular complexity index is 524. The lowest BCUT2D eigenvalue weighted by Crippen LogP contribution is -2.51. The second-order valence-electron chi connectivity index (χ2n) is 6.71. The van der Waals surface area contributed by atoms with Crippen LogP contribution in [0.4, 0.5) is 0 Å². The zero-order valence-corrected chi connectivity index (χ0v) is 12.5. The summed E-state index contributed by atoms with van der Waals surface area (Å²) in [4.78, 5) is 12.0. The lowest BCUT2D eigenvalue weighted by atomic mass is 9.50. The Labute approximate surface area is 120 Å². The Hall–Kier alpha value is -0.820. The molecule has 1 fully saturated rings. The summed E-state index contributed by atoms with van der Waals surface area (Å²) in [6.45, 7) is 4.42. The first-order valence-corrected chi connectivity index (χ1v) is 7.64. The summed E-state index contributed by atoms with van der Waals surface area (Å²) in [5.74, 6) is 0.383. The van der Waals surface area contributed by atoms with Gasteiger partial charge in [-0.15, -0.1) is 0 Å². The standard InChI is InChI=1S/C17H21ClO/c1-16-10-5-11-17(2,15(18)19)14(16)9-8-12-6-3-4-7-13(12)16/h3-4,6-7,14H,5,8-11H2,1-2H3. The molecule has 0 aliphatic heterocycles. The van der Waals surface area contributed by atoms with E-state index in [0.29, 0.717) is 5.92 Å². The number of benzene rings is 1. The molecule has 0 saturated heterocycles. The molecule has 2 aliphatic rings. The predicted molar refractivity (Wildman–Crippen MR) is 78.4 cm³/mol. The van der Waals surface area contributed by atoms with Gasteiger partial charge in [0.25, 0.3) is 0 Å². The monoisotopic (exact) mass is 276 g/mol. The molecule has 3 unspecified atom stereocenters. The fourth-order valence-electron chi connectivity index (χ4n) is 4.66. The van der Waals surface area contributed by atoms with Crippen molar-refractivity contribution >= 4 is 16.8 Å². The van der Waals surface area contributed by atoms with Crippen molar-refractivity contribution in [3.8, 4) is 0 Å². The highest BCUT2D eigenvalue weighted by Gasteiger charge is 2.54. The SMILES string of the molecule is CC1(C(=O)Cl)CCCC2(C)c3ccccc3CCC12. The Morgan fingerprint density at radius 1 is 1.26 bits per heavy atom. The third-order valence-electron chi connectivity index (χ3n) is 5.71. The molecule has 0 bridgehead atoms. The lowest BCUT2D eigenvalue weighted by Gasteiger charge is -2.54. The third-order valence-corrected chi connectivity index (χ3v) is 6.15. The van der Waals surface area contributed by atoms with Crippen LogP contribution in [0.1, 0.15) is 50.7 Å². The number of carbonyl (C=O) groups excluding carboxylic acids is 1. The van der Waals surface area contributed by atoms with Gasteiger partial charge >= 0.3 is 0 Å². The van der Waals surface area contributed by atoms with Crippen molar-refractivity contribution in [2.75, 3.05) is 0 Å². The van der Waals surface area contributed by atoms with E-state index in [0.717, 1.165) is 25.7 Å². The first-order chi connectivity index (χ1) is 8.98. The molecule has 0 N–H and O–H groups in total. The fourth-order valence-corrected chi connectivity index (χ4v) is 4.89. The van der Waals surface area contributed by atoms with Crippen molar-refractivity contribution in [1.82, 2.24) is 0 Å². The van der Waals surface area contributed by atoms with Gasteiger partial charge in [-0.1, -0.05) is 44.5 Å². The molecule has 3 rings (SSSR count). The van der Waals surface area contributed by atoms with E-state index < -0.39 is 0 Å². The zero-order valence-electron chi connectivity index (χ0n) is 11.7. The van der Waals surface area contributed by atoms with Gasteiger partial charge in [-0.3, -0.25) is 4.79 Å². The van der Waals surface area contributed by atoms with Crippen molar-refractivity contribution in [2.24, 2.45) is 11.3 Å². The van der Waals surface area contributed by atoms with Crippen LogP contribution in [0.5, 0.6) is 0 Å². The van der Waals surface area contributed by atoms with E-state index in [1.807, 2.05) is 0 Å². The third kappa shape index (κ3) is 1.78. The van der Waals surface area contributed by atoms with Crippen molar-refractivity contribution < 1.29 is 4.79 Å². The summed E-state index contributed by atoms with van der Waals surface area (Å²) in [6, 6.07) is 8.75. The molecule has 3 atom stereocenters. The molecule has 1 aromatic carbocycles. The van der Waals surface area contributed by atoms with E-state index in [9.17, 15) is 4.79 Å². The fraction of sp³-hybridized carbons (Fsp3) is 0.588. The van der Waals surface area contributed by atoms with Crippen molar-refractivity contribution in [3.63, 3.8) is 0 Å². The van der Waals surface area contributed by atoms with E-state index in [4.69, 9.17) is 11.6 Å². The molecule has 0 aromatic heterocycles. The molecule has 1 aromatic rings. The molecular formula is C17H21ClO. The highest BCUT2D eigenvalue weighted by atomic mass is 35.5. The molecule has 1 saturated carbocycles. The molecule has 1 nitrogen and oxygen atoms in total. The number of halogens is 1. The summed E-state index contributed by atoms with van der Waals surface area (Å²) >= 11 is 5.97. The van der Waals surface area contributed by atoms with Gasteiger partial charge in [0.1, 0.15) is 0 Å². The van der Waals surface area contributed by atoms with Gasteiger partial charge in [0.2, 0.25) is 5.24 Å². The van der Waals surface area contributed by atoms with E-state index in [1.54, 1.807) is 0 Å². The topological polar surface area (TPSA) is 17.1 Å². The molecule has 0 heterocycles. The quantitative estimate of drug-likeness (QED) is 0.692. The Balaban J connectivity index is 2.12. The number of carbonyl (C=O) groups is 1. The Morgan fingerprint density at radius 3 is 2.74 bits per heavy atom. The number of aryl methyl sites for hydroxylation is 1. The first kappa shape index (κ1) is 13.2. The van der Waals surface area contributed by atoms with Gasteiger partial charge in [0.15, 0.2) is 0 Å². The van der Waals surface area contributed by atoms with E-state index in [1.165, 1.54) is 17.5 Å². The maximum Gasteiger partial charge on any atom is 0.227 e. The van der Waals surface area contributed by atoms with E-state index >= 15 is 0 Å². The van der Waals surface area contributed by atoms with Crippen LogP contribution < -0.4 is 0 Å². The van der Waals surface area contributed by atoms with Crippen molar-refractivity contribution in [1.29, 1.82) is 0 Å². The summed E-state index contributed by atoms with van der Waals surface area (Å²) in [5.41, 5.74) is 2.69. The van der Waals surface area contributed by atoms with Crippen LogP contribution in [-0.2, 0) is 16.6 Å². The Morgan fingerprint density at radius 2 is 2.00 bits per heavy atom. The number of rotatable bonds is 1. The minimum absolute atomic E-state index is 0.117. The Kier molecular flexibility index (Phi) is 3.01. The van der Waals surface area contributed by atoms with Crippen LogP contribution in [-0.4, -0.2) is 5.24 Å². The van der Waals surface area contributed by atoms with Gasteiger partial charge in [-0.2, -0.15) is 0 Å². The molecule has 102 valence electrons. The maximum absolute atomic E-state index is 12.0. The minimum Gasteiger partial charge on any atom is -0.281 e. The highest BCUT2D eigenvalue weighted by Crippen LogP contribution is 2.57. The van der Waals surface area contributed by atoms with Crippen LogP contribution >= 0.6 is 11.6 Å². The predicted octanol–water partition coefficient (Wildman–Crippen LogP) is 4.46. The minimum atomic E-state index is -0.345. The molecule has 0 amide bonds. The van der Waals surface area contributed by atoms with Gasteiger partial charge in [-0.05, 0) is 59.7 Å². The average molecular weight is 277 g/mol. The number of hydrogen-bond donors (Lipinski definition) is 0. The average Bonchev–Trinajstić information content (AvgIpc) is 2.38. The van der Waals surface area contributed by atoms with Gasteiger partial charge in [0, 0.05) is 5.41 Å². The van der Waals surface area contributed by atoms with Crippen molar-refractivity contribution in [2.45, 2.75) is 51.4 Å². The highest BCUT2D eigenvalue weighted by molar-refractivity contribution is 6.64. The molecule has 0 radical (unpaired) electrons. The van der Waals surface area contributed by atoms with Crippen LogP contribution in [0.25, 0.3) is 0 Å². The molecule has 2 heteroatoms. The van der Waals surface area contributed by atoms with Crippen LogP contribution in [0.15, 0.2) is 24.3 Å². The van der Waals surface area contributed by atoms with E-state index in [2.05, 4.69) is 38.1 Å². The molecule has 0 spiro atoms. The van der Waals surface area contributed by atoms with Crippen LogP contribution in [0.3, 0.4) is 0 Å². The van der Waals surface area contributed by atoms with Crippen LogP contribution in [0, 0.1) is 11.3 Å². The van der Waals surface area contributed by atoms with Crippen LogP contribution in [0.2, 0.25) is 0 Å². The number of fused-ring (bicyclic) bond motifs is 3. The molecule has 19 heavy (non-hydrogen) atoms. The molecule has 2 aliphatic carbocycles. The number of hydrogen-bond acceptors (Lipinski definition) is 1. The summed E-state index contributed by atoms with van der Waals surface area (Å²) in [5, 5.41) is -0.136. The second-order valence-corrected chi connectivity index (χ2v) is 7.05. The summed E-state index contributed by atoms with van der Waals surface area (Å²) in [7, 11) is 0. The lowest BCUT2D eigenvalue weighted by molar-refractivity contribution is -0.127. The maximum atomic E-state index is 12.0. The largest absolute Gasteiger partial charge is 0.281 e. The van der Waals surface area contributed by atoms with Crippen molar-refractivity contribution in [3.05, 3.63) is 35.4 Å². The molecular weight excluding hydrogens is 256 g/mol. The van der Waals surface area contributed by atoms with Gasteiger partial charge in [0.05, 0.1) is 0 Å². The smallest absolute Gasteiger partial charge is 0.227 e. The van der Waals surface area contributed by atoms with E-state index in [-0.39, 0.29) is 16.1 Å². The first-order valence-electron chi connectivity index (χ1n) is 7.27. The normalized spacial score (nSPS) is 37.3. The summed E-state index contributed by atoms with van der Waals surface area (Å²) < 4.78 is 0. The van der Waals surface area contributed by atoms with Gasteiger partial charge < -0.3 is 0 Å².